The molecule has 0 spiro atoms. The largest absolute Gasteiger partial charge is 0.494 e. The first kappa shape index (κ1) is 24.9. The molecular formula is C28H40N4O. The smallest absolute Gasteiger partial charge is 0.204 e. The van der Waals surface area contributed by atoms with E-state index in [9.17, 15) is 0 Å². The van der Waals surface area contributed by atoms with Gasteiger partial charge in [0.05, 0.1) is 6.61 Å². The van der Waals surface area contributed by atoms with Crippen molar-refractivity contribution in [1.82, 2.24) is 20.6 Å². The number of H-pyrrole nitrogens is 1. The van der Waals surface area contributed by atoms with E-state index in [1.165, 1.54) is 89.0 Å². The van der Waals surface area contributed by atoms with E-state index in [0.717, 1.165) is 24.3 Å². The van der Waals surface area contributed by atoms with Crippen molar-refractivity contribution in [3.63, 3.8) is 0 Å². The van der Waals surface area contributed by atoms with E-state index in [1.54, 1.807) is 0 Å². The lowest BCUT2D eigenvalue weighted by Gasteiger charge is -2.07. The number of benzene rings is 2. The quantitative estimate of drug-likeness (QED) is 0.204. The van der Waals surface area contributed by atoms with Crippen LogP contribution in [0.2, 0.25) is 0 Å². The molecular weight excluding hydrogens is 408 g/mol. The normalized spacial score (nSPS) is 11.0. The maximum absolute atomic E-state index is 5.89. The second kappa shape index (κ2) is 16.0. The lowest BCUT2D eigenvalue weighted by atomic mass is 10.0. The fourth-order valence-electron chi connectivity index (χ4n) is 4.22. The molecule has 5 heteroatoms. The maximum Gasteiger partial charge on any atom is 0.204 e. The molecule has 5 nitrogen and oxygen atoms in total. The van der Waals surface area contributed by atoms with Crippen LogP contribution < -0.4 is 4.74 Å². The zero-order valence-corrected chi connectivity index (χ0v) is 20.1. The first-order valence-corrected chi connectivity index (χ1v) is 12.9. The number of aromatic nitrogens is 4. The van der Waals surface area contributed by atoms with E-state index in [1.807, 2.05) is 24.3 Å². The molecule has 0 aliphatic rings. The van der Waals surface area contributed by atoms with Gasteiger partial charge in [0.1, 0.15) is 5.75 Å². The number of nitrogens with one attached hydrogen (secondary N) is 1. The Kier molecular flexibility index (Phi) is 12.1. The van der Waals surface area contributed by atoms with Crippen LogP contribution >= 0.6 is 0 Å². The Labute approximate surface area is 199 Å². The van der Waals surface area contributed by atoms with Crippen molar-refractivity contribution in [2.45, 2.75) is 89.9 Å². The van der Waals surface area contributed by atoms with Crippen LogP contribution in [0.3, 0.4) is 0 Å². The Morgan fingerprint density at radius 3 is 1.91 bits per heavy atom. The molecule has 0 aliphatic carbocycles. The van der Waals surface area contributed by atoms with E-state index < -0.39 is 0 Å². The Morgan fingerprint density at radius 1 is 0.636 bits per heavy atom. The highest BCUT2D eigenvalue weighted by Gasteiger charge is 2.04. The second-order valence-electron chi connectivity index (χ2n) is 8.94. The summed E-state index contributed by atoms with van der Waals surface area (Å²) in [6.07, 6.45) is 18.8. The average Bonchev–Trinajstić information content (AvgIpc) is 3.40. The Balaban J connectivity index is 1.06. The standard InChI is InChI=1S/C28H40N4O/c1(2-4-6-8-10-13-18-25-19-14-12-15-20-25)3-5-7-9-11-16-23-33-27-22-17-21-26(24-27)28-29-31-32-30-28/h12,14-15,17,19-22,24H,1-11,13,16,18,23H2,(H,29,30,31,32). The monoisotopic (exact) mass is 448 g/mol. The van der Waals surface area contributed by atoms with Gasteiger partial charge in [-0.15, -0.1) is 10.2 Å². The molecule has 0 unspecified atom stereocenters. The van der Waals surface area contributed by atoms with Gasteiger partial charge in [0.25, 0.3) is 0 Å². The summed E-state index contributed by atoms with van der Waals surface area (Å²) in [6.45, 7) is 0.765. The van der Waals surface area contributed by atoms with Gasteiger partial charge in [-0.1, -0.05) is 113 Å². The molecule has 1 N–H and O–H groups in total. The fraction of sp³-hybridized carbons (Fsp3) is 0.536. The van der Waals surface area contributed by atoms with E-state index >= 15 is 0 Å². The molecule has 178 valence electrons. The molecule has 0 saturated carbocycles. The predicted octanol–water partition coefficient (Wildman–Crippen LogP) is 7.56. The van der Waals surface area contributed by atoms with Gasteiger partial charge in [0.15, 0.2) is 0 Å². The van der Waals surface area contributed by atoms with Crippen molar-refractivity contribution >= 4 is 0 Å². The third-order valence-corrected chi connectivity index (χ3v) is 6.16. The number of unbranched alkanes of at least 4 members (excludes halogenated alkanes) is 12. The first-order chi connectivity index (χ1) is 16.4. The molecule has 3 rings (SSSR count). The number of aryl methyl sites for hydroxylation is 1. The van der Waals surface area contributed by atoms with Crippen LogP contribution in [0.25, 0.3) is 11.4 Å². The molecule has 1 aromatic heterocycles. The molecule has 3 aromatic rings. The number of aromatic amines is 1. The van der Waals surface area contributed by atoms with Gasteiger partial charge in [-0.25, -0.2) is 0 Å². The van der Waals surface area contributed by atoms with Crippen molar-refractivity contribution in [3.05, 3.63) is 60.2 Å². The summed E-state index contributed by atoms with van der Waals surface area (Å²) >= 11 is 0. The first-order valence-electron chi connectivity index (χ1n) is 12.9. The van der Waals surface area contributed by atoms with Crippen molar-refractivity contribution in [2.24, 2.45) is 0 Å². The summed E-state index contributed by atoms with van der Waals surface area (Å²) < 4.78 is 5.89. The van der Waals surface area contributed by atoms with Gasteiger partial charge >= 0.3 is 0 Å². The van der Waals surface area contributed by atoms with Gasteiger partial charge in [0.2, 0.25) is 5.82 Å². The van der Waals surface area contributed by atoms with Crippen LogP contribution in [0.5, 0.6) is 5.75 Å². The number of hydrogen-bond donors (Lipinski definition) is 1. The number of tetrazole rings is 1. The molecule has 0 amide bonds. The Hall–Kier alpha value is -2.69. The van der Waals surface area contributed by atoms with Gasteiger partial charge < -0.3 is 4.74 Å². The van der Waals surface area contributed by atoms with Gasteiger partial charge in [-0.3, -0.25) is 0 Å². The van der Waals surface area contributed by atoms with Crippen LogP contribution in [0, 0.1) is 0 Å². The molecule has 0 fully saturated rings. The topological polar surface area (TPSA) is 63.7 Å². The summed E-state index contributed by atoms with van der Waals surface area (Å²) in [5, 5.41) is 14.1. The van der Waals surface area contributed by atoms with Crippen LogP contribution in [-0.4, -0.2) is 27.2 Å². The number of rotatable bonds is 18. The van der Waals surface area contributed by atoms with E-state index in [0.29, 0.717) is 5.82 Å². The van der Waals surface area contributed by atoms with E-state index in [-0.39, 0.29) is 0 Å². The Bertz CT molecular complexity index is 851. The van der Waals surface area contributed by atoms with Gasteiger partial charge in [0, 0.05) is 5.56 Å². The van der Waals surface area contributed by atoms with Crippen molar-refractivity contribution < 1.29 is 4.74 Å². The molecule has 2 aromatic carbocycles. The van der Waals surface area contributed by atoms with Crippen LogP contribution in [0.1, 0.15) is 89.0 Å². The molecule has 33 heavy (non-hydrogen) atoms. The minimum absolute atomic E-state index is 0.597. The zero-order valence-electron chi connectivity index (χ0n) is 20.1. The predicted molar refractivity (Wildman–Crippen MR) is 135 cm³/mol. The second-order valence-corrected chi connectivity index (χ2v) is 8.94. The van der Waals surface area contributed by atoms with Gasteiger partial charge in [-0.2, -0.15) is 5.21 Å². The fourth-order valence-corrected chi connectivity index (χ4v) is 4.22. The molecule has 0 radical (unpaired) electrons. The van der Waals surface area contributed by atoms with Crippen molar-refractivity contribution in [2.75, 3.05) is 6.61 Å². The molecule has 1 heterocycles. The van der Waals surface area contributed by atoms with E-state index in [4.69, 9.17) is 4.74 Å². The molecule has 0 saturated heterocycles. The summed E-state index contributed by atoms with van der Waals surface area (Å²) in [6, 6.07) is 18.8. The number of hydrogen-bond acceptors (Lipinski definition) is 4. The molecule has 0 bridgehead atoms. The lowest BCUT2D eigenvalue weighted by Crippen LogP contribution is -1.97. The van der Waals surface area contributed by atoms with E-state index in [2.05, 4.69) is 51.0 Å². The highest BCUT2D eigenvalue weighted by atomic mass is 16.5. The van der Waals surface area contributed by atoms with Crippen LogP contribution in [-0.2, 0) is 6.42 Å². The summed E-state index contributed by atoms with van der Waals surface area (Å²) in [5.41, 5.74) is 2.40. The Morgan fingerprint density at radius 2 is 1.27 bits per heavy atom. The maximum atomic E-state index is 5.89. The lowest BCUT2D eigenvalue weighted by molar-refractivity contribution is 0.304. The summed E-state index contributed by atoms with van der Waals surface area (Å²) in [7, 11) is 0. The minimum Gasteiger partial charge on any atom is -0.494 e. The molecule has 0 aliphatic heterocycles. The third kappa shape index (κ3) is 10.6. The zero-order chi connectivity index (χ0) is 22.8. The average molecular weight is 449 g/mol. The minimum atomic E-state index is 0.597. The number of ether oxygens (including phenoxy) is 1. The highest BCUT2D eigenvalue weighted by molar-refractivity contribution is 5.56. The molecule has 0 atom stereocenters. The highest BCUT2D eigenvalue weighted by Crippen LogP contribution is 2.20. The SMILES string of the molecule is c1ccc(CCCCCCCCCCCCCCCOc2cccc(-c3nn[nH]n3)c2)cc1. The van der Waals surface area contributed by atoms with Gasteiger partial charge in [-0.05, 0) is 42.2 Å². The summed E-state index contributed by atoms with van der Waals surface area (Å²) in [4.78, 5) is 0. The number of nitrogens with zero attached hydrogens (tertiary/aromatic N) is 3. The van der Waals surface area contributed by atoms with Crippen molar-refractivity contribution in [1.29, 1.82) is 0 Å². The van der Waals surface area contributed by atoms with Crippen LogP contribution in [0.15, 0.2) is 54.6 Å². The third-order valence-electron chi connectivity index (χ3n) is 6.16. The summed E-state index contributed by atoms with van der Waals surface area (Å²) in [5.74, 6) is 1.47. The van der Waals surface area contributed by atoms with Crippen LogP contribution in [0.4, 0.5) is 0 Å². The van der Waals surface area contributed by atoms with Crippen molar-refractivity contribution in [3.8, 4) is 17.1 Å².